The number of aliphatic hydroxyl groups excluding tert-OH is 1. The van der Waals surface area contributed by atoms with Crippen molar-refractivity contribution in [3.63, 3.8) is 0 Å². The van der Waals surface area contributed by atoms with Crippen molar-refractivity contribution in [1.82, 2.24) is 4.98 Å². The summed E-state index contributed by atoms with van der Waals surface area (Å²) in [6, 6.07) is 5.75. The van der Waals surface area contributed by atoms with Gasteiger partial charge >= 0.3 is 6.18 Å². The van der Waals surface area contributed by atoms with E-state index in [0.29, 0.717) is 5.39 Å². The highest BCUT2D eigenvalue weighted by Gasteiger charge is 2.39. The number of halogens is 3. The van der Waals surface area contributed by atoms with Crippen LogP contribution in [0.4, 0.5) is 13.2 Å². The zero-order chi connectivity index (χ0) is 11.1. The van der Waals surface area contributed by atoms with Crippen molar-refractivity contribution in [3.05, 3.63) is 36.0 Å². The molecule has 2 rings (SSSR count). The van der Waals surface area contributed by atoms with Gasteiger partial charge in [0.05, 0.1) is 0 Å². The molecule has 0 bridgehead atoms. The number of fused-ring (bicyclic) bond motifs is 1. The molecule has 15 heavy (non-hydrogen) atoms. The summed E-state index contributed by atoms with van der Waals surface area (Å²) in [6.45, 7) is 0. The number of rotatable bonds is 1. The lowest BCUT2D eigenvalue weighted by Gasteiger charge is -2.14. The van der Waals surface area contributed by atoms with Crippen LogP contribution in [0.3, 0.4) is 0 Å². The third kappa shape index (κ3) is 1.83. The molecule has 0 fully saturated rings. The van der Waals surface area contributed by atoms with E-state index in [2.05, 4.69) is 4.98 Å². The second kappa shape index (κ2) is 3.27. The van der Waals surface area contributed by atoms with Crippen LogP contribution in [0, 0.1) is 0 Å². The molecule has 0 aliphatic heterocycles. The zero-order valence-electron chi connectivity index (χ0n) is 7.55. The third-order valence-electron chi connectivity index (χ3n) is 2.20. The first-order valence-corrected chi connectivity index (χ1v) is 4.30. The van der Waals surface area contributed by atoms with E-state index in [0.717, 1.165) is 5.52 Å². The standard InChI is InChI=1S/C10H8F3NO/c11-10(12,13)9(15)7-1-2-8-6(5-7)3-4-14-8/h1-5,9,14-15H. The van der Waals surface area contributed by atoms with Crippen LogP contribution in [0.2, 0.25) is 0 Å². The molecule has 2 N–H and O–H groups in total. The molecule has 0 spiro atoms. The molecular weight excluding hydrogens is 207 g/mol. The van der Waals surface area contributed by atoms with E-state index in [1.54, 1.807) is 12.3 Å². The van der Waals surface area contributed by atoms with Crippen LogP contribution in [-0.2, 0) is 0 Å². The highest BCUT2D eigenvalue weighted by molar-refractivity contribution is 5.80. The Morgan fingerprint density at radius 3 is 2.60 bits per heavy atom. The average Bonchev–Trinajstić information content (AvgIpc) is 2.61. The third-order valence-corrected chi connectivity index (χ3v) is 2.20. The van der Waals surface area contributed by atoms with Gasteiger partial charge in [-0.2, -0.15) is 13.2 Å². The Balaban J connectivity index is 2.44. The molecule has 5 heteroatoms. The Morgan fingerprint density at radius 1 is 1.20 bits per heavy atom. The number of aromatic amines is 1. The Hall–Kier alpha value is -1.49. The summed E-state index contributed by atoms with van der Waals surface area (Å²) >= 11 is 0. The maximum Gasteiger partial charge on any atom is 0.418 e. The number of alkyl halides is 3. The van der Waals surface area contributed by atoms with Crippen LogP contribution in [0.5, 0.6) is 0 Å². The molecule has 0 amide bonds. The maximum atomic E-state index is 12.2. The lowest BCUT2D eigenvalue weighted by Crippen LogP contribution is -2.19. The predicted molar refractivity (Wildman–Crippen MR) is 49.3 cm³/mol. The minimum absolute atomic E-state index is 0.144. The molecule has 2 nitrogen and oxygen atoms in total. The summed E-state index contributed by atoms with van der Waals surface area (Å²) in [5.74, 6) is 0. The van der Waals surface area contributed by atoms with Gasteiger partial charge in [-0.25, -0.2) is 0 Å². The summed E-state index contributed by atoms with van der Waals surface area (Å²) < 4.78 is 36.6. The summed E-state index contributed by atoms with van der Waals surface area (Å²) in [4.78, 5) is 2.86. The van der Waals surface area contributed by atoms with Gasteiger partial charge in [-0.1, -0.05) is 6.07 Å². The minimum Gasteiger partial charge on any atom is -0.379 e. The van der Waals surface area contributed by atoms with Crippen molar-refractivity contribution in [2.45, 2.75) is 12.3 Å². The number of aliphatic hydroxyl groups is 1. The van der Waals surface area contributed by atoms with Crippen LogP contribution in [0.1, 0.15) is 11.7 Å². The lowest BCUT2D eigenvalue weighted by atomic mass is 10.1. The van der Waals surface area contributed by atoms with E-state index in [-0.39, 0.29) is 5.56 Å². The van der Waals surface area contributed by atoms with Crippen molar-refractivity contribution in [1.29, 1.82) is 0 Å². The van der Waals surface area contributed by atoms with Crippen molar-refractivity contribution < 1.29 is 18.3 Å². The first-order chi connectivity index (χ1) is 6.98. The summed E-state index contributed by atoms with van der Waals surface area (Å²) in [5.41, 5.74) is 0.600. The Labute approximate surface area is 83.3 Å². The molecule has 0 radical (unpaired) electrons. The first-order valence-electron chi connectivity index (χ1n) is 4.30. The fourth-order valence-electron chi connectivity index (χ4n) is 1.43. The SMILES string of the molecule is OC(c1ccc2[nH]ccc2c1)C(F)(F)F. The molecule has 2 aromatic rings. The van der Waals surface area contributed by atoms with Gasteiger partial charge in [0.2, 0.25) is 0 Å². The largest absolute Gasteiger partial charge is 0.418 e. The average molecular weight is 215 g/mol. The Morgan fingerprint density at radius 2 is 1.93 bits per heavy atom. The monoisotopic (exact) mass is 215 g/mol. The van der Waals surface area contributed by atoms with Crippen LogP contribution in [0.25, 0.3) is 10.9 Å². The number of aromatic nitrogens is 1. The van der Waals surface area contributed by atoms with Crippen molar-refractivity contribution in [2.75, 3.05) is 0 Å². The molecule has 1 aromatic carbocycles. The molecule has 80 valence electrons. The number of benzene rings is 1. The van der Waals surface area contributed by atoms with E-state index >= 15 is 0 Å². The quantitative estimate of drug-likeness (QED) is 0.753. The number of hydrogen-bond donors (Lipinski definition) is 2. The lowest BCUT2D eigenvalue weighted by molar-refractivity contribution is -0.206. The van der Waals surface area contributed by atoms with Gasteiger partial charge in [-0.05, 0) is 29.1 Å². The molecule has 0 saturated carbocycles. The van der Waals surface area contributed by atoms with Crippen LogP contribution in [-0.4, -0.2) is 16.3 Å². The van der Waals surface area contributed by atoms with Crippen LogP contribution in [0.15, 0.2) is 30.5 Å². The van der Waals surface area contributed by atoms with Crippen molar-refractivity contribution in [3.8, 4) is 0 Å². The van der Waals surface area contributed by atoms with E-state index < -0.39 is 12.3 Å². The smallest absolute Gasteiger partial charge is 0.379 e. The molecule has 0 aliphatic rings. The molecule has 0 saturated heterocycles. The number of H-pyrrole nitrogens is 1. The first kappa shape index (κ1) is 10.0. The normalized spacial score (nSPS) is 14.4. The summed E-state index contributed by atoms with van der Waals surface area (Å²) in [5, 5.41) is 9.67. The van der Waals surface area contributed by atoms with Gasteiger partial charge in [-0.3, -0.25) is 0 Å². The molecule has 0 aliphatic carbocycles. The van der Waals surface area contributed by atoms with Gasteiger partial charge in [0, 0.05) is 11.7 Å². The topological polar surface area (TPSA) is 36.0 Å². The highest BCUT2D eigenvalue weighted by Crippen LogP contribution is 2.33. The van der Waals surface area contributed by atoms with Crippen molar-refractivity contribution in [2.24, 2.45) is 0 Å². The minimum atomic E-state index is -4.62. The van der Waals surface area contributed by atoms with Gasteiger partial charge in [0.1, 0.15) is 0 Å². The zero-order valence-corrected chi connectivity index (χ0v) is 7.55. The second-order valence-electron chi connectivity index (χ2n) is 3.27. The molecule has 1 atom stereocenters. The number of nitrogens with one attached hydrogen (secondary N) is 1. The van der Waals surface area contributed by atoms with Gasteiger partial charge in [0.15, 0.2) is 6.10 Å². The van der Waals surface area contributed by atoms with Crippen LogP contribution >= 0.6 is 0 Å². The van der Waals surface area contributed by atoms with E-state index in [4.69, 9.17) is 5.11 Å². The Kier molecular flexibility index (Phi) is 2.19. The van der Waals surface area contributed by atoms with Crippen molar-refractivity contribution >= 4 is 10.9 Å². The summed E-state index contributed by atoms with van der Waals surface area (Å²) in [6.07, 6.45) is -5.41. The van der Waals surface area contributed by atoms with Gasteiger partial charge in [-0.15, -0.1) is 0 Å². The second-order valence-corrected chi connectivity index (χ2v) is 3.27. The molecule has 1 unspecified atom stereocenters. The fourth-order valence-corrected chi connectivity index (χ4v) is 1.43. The highest BCUT2D eigenvalue weighted by atomic mass is 19.4. The summed E-state index contributed by atoms with van der Waals surface area (Å²) in [7, 11) is 0. The van der Waals surface area contributed by atoms with Gasteiger partial charge in [0.25, 0.3) is 0 Å². The predicted octanol–water partition coefficient (Wildman–Crippen LogP) is 2.76. The fraction of sp³-hybridized carbons (Fsp3) is 0.200. The van der Waals surface area contributed by atoms with Gasteiger partial charge < -0.3 is 10.1 Å². The Bertz CT molecular complexity index is 475. The van der Waals surface area contributed by atoms with E-state index in [1.165, 1.54) is 18.2 Å². The molecule has 1 heterocycles. The molecule has 1 aromatic heterocycles. The van der Waals surface area contributed by atoms with Crippen LogP contribution < -0.4 is 0 Å². The van der Waals surface area contributed by atoms with E-state index in [1.807, 2.05) is 0 Å². The molecular formula is C10H8F3NO. The van der Waals surface area contributed by atoms with E-state index in [9.17, 15) is 13.2 Å². The number of hydrogen-bond acceptors (Lipinski definition) is 1. The maximum absolute atomic E-state index is 12.2.